The average Bonchev–Trinajstić information content (AvgIpc) is 3.09. The van der Waals surface area contributed by atoms with Crippen molar-refractivity contribution < 1.29 is 9.53 Å². The number of carbonyl (C=O) groups is 1. The lowest BCUT2D eigenvalue weighted by atomic mass is 9.69. The third kappa shape index (κ3) is 2.39. The molecule has 1 aromatic rings. The van der Waals surface area contributed by atoms with Crippen LogP contribution in [-0.4, -0.2) is 32.1 Å². The summed E-state index contributed by atoms with van der Waals surface area (Å²) in [6, 6.07) is 7.88. The van der Waals surface area contributed by atoms with E-state index in [1.54, 1.807) is 0 Å². The Hall–Kier alpha value is -0.900. The lowest BCUT2D eigenvalue weighted by molar-refractivity contribution is -0.131. The Morgan fingerprint density at radius 1 is 1.40 bits per heavy atom. The highest BCUT2D eigenvalue weighted by molar-refractivity contribution is 6.30. The number of Topliss-reactive ketones (excluding diaryl/α,β-unsaturated/α-hetero) is 1. The van der Waals surface area contributed by atoms with Crippen LogP contribution in [0.3, 0.4) is 0 Å². The largest absolute Gasteiger partial charge is 0.381 e. The maximum atomic E-state index is 12.9. The van der Waals surface area contributed by atoms with E-state index in [0.29, 0.717) is 19.0 Å². The summed E-state index contributed by atoms with van der Waals surface area (Å²) < 4.78 is 5.38. The van der Waals surface area contributed by atoms with Gasteiger partial charge in [0, 0.05) is 42.0 Å². The summed E-state index contributed by atoms with van der Waals surface area (Å²) in [5.41, 5.74) is 0.848. The zero-order valence-electron chi connectivity index (χ0n) is 11.7. The molecule has 2 saturated heterocycles. The standard InChI is InChI=1S/C16H20ClNO2/c1-16(15(19)12-6-7-20-9-12)10-18-8-14(16)11-2-4-13(17)5-3-11/h2-5,12,14,18H,6-10H2,1H3/t12?,14-,16-/m1/s1. The van der Waals surface area contributed by atoms with E-state index < -0.39 is 0 Å². The maximum absolute atomic E-state index is 12.9. The molecular weight excluding hydrogens is 274 g/mol. The van der Waals surface area contributed by atoms with Crippen LogP contribution in [0.2, 0.25) is 5.02 Å². The molecule has 20 heavy (non-hydrogen) atoms. The molecular formula is C16H20ClNO2. The third-order valence-electron chi connectivity index (χ3n) is 4.75. The highest BCUT2D eigenvalue weighted by Gasteiger charge is 2.48. The Morgan fingerprint density at radius 3 is 2.80 bits per heavy atom. The molecule has 1 aromatic carbocycles. The van der Waals surface area contributed by atoms with E-state index >= 15 is 0 Å². The molecule has 0 amide bonds. The minimum absolute atomic E-state index is 0.0645. The van der Waals surface area contributed by atoms with Gasteiger partial charge in [-0.05, 0) is 24.1 Å². The summed E-state index contributed by atoms with van der Waals surface area (Å²) in [4.78, 5) is 12.9. The number of hydrogen-bond donors (Lipinski definition) is 1. The fourth-order valence-electron chi connectivity index (χ4n) is 3.47. The van der Waals surface area contributed by atoms with E-state index in [4.69, 9.17) is 16.3 Å². The van der Waals surface area contributed by atoms with Crippen LogP contribution in [0.4, 0.5) is 0 Å². The predicted molar refractivity (Wildman–Crippen MR) is 79.1 cm³/mol. The Kier molecular flexibility index (Phi) is 3.85. The van der Waals surface area contributed by atoms with Gasteiger partial charge in [-0.1, -0.05) is 30.7 Å². The summed E-state index contributed by atoms with van der Waals surface area (Å²) in [5, 5.41) is 4.12. The van der Waals surface area contributed by atoms with E-state index in [2.05, 4.69) is 12.2 Å². The third-order valence-corrected chi connectivity index (χ3v) is 5.00. The second-order valence-electron chi connectivity index (χ2n) is 6.08. The molecule has 4 heteroatoms. The van der Waals surface area contributed by atoms with Gasteiger partial charge in [0.25, 0.3) is 0 Å². The van der Waals surface area contributed by atoms with Crippen LogP contribution in [0, 0.1) is 11.3 Å². The summed E-state index contributed by atoms with van der Waals surface area (Å²) in [6.45, 7) is 4.98. The van der Waals surface area contributed by atoms with Gasteiger partial charge in [0.05, 0.1) is 6.61 Å². The molecule has 2 aliphatic rings. The smallest absolute Gasteiger partial charge is 0.146 e. The van der Waals surface area contributed by atoms with Crippen LogP contribution in [-0.2, 0) is 9.53 Å². The molecule has 1 unspecified atom stereocenters. The zero-order valence-corrected chi connectivity index (χ0v) is 12.5. The Morgan fingerprint density at radius 2 is 2.15 bits per heavy atom. The fourth-order valence-corrected chi connectivity index (χ4v) is 3.60. The molecule has 0 radical (unpaired) electrons. The van der Waals surface area contributed by atoms with Crippen LogP contribution < -0.4 is 5.32 Å². The van der Waals surface area contributed by atoms with Crippen molar-refractivity contribution in [2.75, 3.05) is 26.3 Å². The Bertz CT molecular complexity index is 496. The second-order valence-corrected chi connectivity index (χ2v) is 6.51. The first-order chi connectivity index (χ1) is 9.61. The molecule has 3 rings (SSSR count). The van der Waals surface area contributed by atoms with Crippen LogP contribution >= 0.6 is 11.6 Å². The number of hydrogen-bond acceptors (Lipinski definition) is 3. The van der Waals surface area contributed by atoms with Gasteiger partial charge in [-0.15, -0.1) is 0 Å². The molecule has 0 bridgehead atoms. The normalized spacial score (nSPS) is 33.5. The first kappa shape index (κ1) is 14.1. The number of ether oxygens (including phenoxy) is 1. The van der Waals surface area contributed by atoms with Crippen LogP contribution in [0.25, 0.3) is 0 Å². The Balaban J connectivity index is 1.86. The Labute approximate surface area is 124 Å². The van der Waals surface area contributed by atoms with Gasteiger partial charge >= 0.3 is 0 Å². The molecule has 3 nitrogen and oxygen atoms in total. The minimum atomic E-state index is -0.341. The van der Waals surface area contributed by atoms with Gasteiger partial charge < -0.3 is 10.1 Å². The highest BCUT2D eigenvalue weighted by atomic mass is 35.5. The molecule has 2 heterocycles. The van der Waals surface area contributed by atoms with Crippen molar-refractivity contribution in [2.24, 2.45) is 11.3 Å². The van der Waals surface area contributed by atoms with E-state index in [9.17, 15) is 4.79 Å². The first-order valence-corrected chi connectivity index (χ1v) is 7.57. The molecule has 108 valence electrons. The van der Waals surface area contributed by atoms with Crippen LogP contribution in [0.1, 0.15) is 24.8 Å². The quantitative estimate of drug-likeness (QED) is 0.931. The molecule has 2 aliphatic heterocycles. The van der Waals surface area contributed by atoms with Crippen molar-refractivity contribution in [1.82, 2.24) is 5.32 Å². The topological polar surface area (TPSA) is 38.3 Å². The van der Waals surface area contributed by atoms with E-state index in [0.717, 1.165) is 24.5 Å². The number of nitrogens with one attached hydrogen (secondary N) is 1. The lowest BCUT2D eigenvalue weighted by Gasteiger charge is -2.31. The second kappa shape index (κ2) is 5.47. The average molecular weight is 294 g/mol. The summed E-state index contributed by atoms with van der Waals surface area (Å²) in [5.74, 6) is 0.627. The summed E-state index contributed by atoms with van der Waals surface area (Å²) >= 11 is 5.96. The minimum Gasteiger partial charge on any atom is -0.381 e. The molecule has 3 atom stereocenters. The van der Waals surface area contributed by atoms with Gasteiger partial charge in [-0.2, -0.15) is 0 Å². The number of carbonyl (C=O) groups excluding carboxylic acids is 1. The van der Waals surface area contributed by atoms with Crippen molar-refractivity contribution in [1.29, 1.82) is 0 Å². The molecule has 2 fully saturated rings. The first-order valence-electron chi connectivity index (χ1n) is 7.19. The lowest BCUT2D eigenvalue weighted by Crippen LogP contribution is -2.39. The van der Waals surface area contributed by atoms with E-state index in [1.165, 1.54) is 5.56 Å². The van der Waals surface area contributed by atoms with Gasteiger partial charge in [0.2, 0.25) is 0 Å². The van der Waals surface area contributed by atoms with Crippen molar-refractivity contribution >= 4 is 17.4 Å². The van der Waals surface area contributed by atoms with Crippen LogP contribution in [0.5, 0.6) is 0 Å². The van der Waals surface area contributed by atoms with Crippen molar-refractivity contribution in [2.45, 2.75) is 19.3 Å². The number of halogens is 1. The number of rotatable bonds is 3. The summed E-state index contributed by atoms with van der Waals surface area (Å²) in [6.07, 6.45) is 0.863. The maximum Gasteiger partial charge on any atom is 0.146 e. The van der Waals surface area contributed by atoms with E-state index in [1.807, 2.05) is 24.3 Å². The molecule has 0 aromatic heterocycles. The number of benzene rings is 1. The van der Waals surface area contributed by atoms with Crippen molar-refractivity contribution in [3.05, 3.63) is 34.9 Å². The fraction of sp³-hybridized carbons (Fsp3) is 0.562. The summed E-state index contributed by atoms with van der Waals surface area (Å²) in [7, 11) is 0. The van der Waals surface area contributed by atoms with Crippen LogP contribution in [0.15, 0.2) is 24.3 Å². The van der Waals surface area contributed by atoms with E-state index in [-0.39, 0.29) is 17.3 Å². The number of ketones is 1. The monoisotopic (exact) mass is 293 g/mol. The highest BCUT2D eigenvalue weighted by Crippen LogP contribution is 2.42. The van der Waals surface area contributed by atoms with Gasteiger partial charge in [0.15, 0.2) is 0 Å². The molecule has 0 spiro atoms. The zero-order chi connectivity index (χ0) is 14.2. The predicted octanol–water partition coefficient (Wildman–Crippen LogP) is 2.64. The van der Waals surface area contributed by atoms with Gasteiger partial charge in [0.1, 0.15) is 5.78 Å². The molecule has 0 saturated carbocycles. The van der Waals surface area contributed by atoms with Gasteiger partial charge in [-0.3, -0.25) is 4.79 Å². The molecule has 0 aliphatic carbocycles. The van der Waals surface area contributed by atoms with Crippen molar-refractivity contribution in [3.8, 4) is 0 Å². The SMILES string of the molecule is C[C@@]1(C(=O)C2CCOC2)CNC[C@@H]1c1ccc(Cl)cc1. The molecule has 1 N–H and O–H groups in total. The van der Waals surface area contributed by atoms with Crippen molar-refractivity contribution in [3.63, 3.8) is 0 Å². The van der Waals surface area contributed by atoms with Gasteiger partial charge in [-0.25, -0.2) is 0 Å².